The van der Waals surface area contributed by atoms with Crippen molar-refractivity contribution in [2.75, 3.05) is 33.2 Å². The molecule has 17 heavy (non-hydrogen) atoms. The van der Waals surface area contributed by atoms with E-state index in [2.05, 4.69) is 29.0 Å². The predicted octanol–water partition coefficient (Wildman–Crippen LogP) is 1.36. The zero-order valence-corrected chi connectivity index (χ0v) is 10.7. The summed E-state index contributed by atoms with van der Waals surface area (Å²) in [4.78, 5) is 4.72. The summed E-state index contributed by atoms with van der Waals surface area (Å²) in [5.41, 5.74) is 1.21. The van der Waals surface area contributed by atoms with Crippen LogP contribution in [0, 0.1) is 0 Å². The molecule has 0 aromatic heterocycles. The van der Waals surface area contributed by atoms with E-state index in [-0.39, 0.29) is 12.1 Å². The fourth-order valence-corrected chi connectivity index (χ4v) is 2.54. The first-order valence-electron chi connectivity index (χ1n) is 6.34. The second-order valence-electron chi connectivity index (χ2n) is 4.94. The van der Waals surface area contributed by atoms with Crippen molar-refractivity contribution in [3.63, 3.8) is 0 Å². The highest BCUT2D eigenvalue weighted by molar-refractivity contribution is 5.20. The van der Waals surface area contributed by atoms with Crippen LogP contribution in [0.25, 0.3) is 0 Å². The minimum atomic E-state index is -0.333. The number of piperazine rings is 1. The normalized spacial score (nSPS) is 22.3. The van der Waals surface area contributed by atoms with Crippen molar-refractivity contribution in [2.24, 2.45) is 0 Å². The molecular weight excluding hydrogens is 212 g/mol. The van der Waals surface area contributed by atoms with Crippen LogP contribution in [-0.4, -0.2) is 54.2 Å². The molecule has 1 heterocycles. The first kappa shape index (κ1) is 12.6. The zero-order valence-electron chi connectivity index (χ0n) is 10.7. The Morgan fingerprint density at radius 1 is 1.06 bits per heavy atom. The Hall–Kier alpha value is -0.900. The number of aliphatic hydroxyl groups excluding tert-OH is 1. The van der Waals surface area contributed by atoms with Gasteiger partial charge in [0.15, 0.2) is 0 Å². The summed E-state index contributed by atoms with van der Waals surface area (Å²) < 4.78 is 0. The van der Waals surface area contributed by atoms with Crippen molar-refractivity contribution in [1.29, 1.82) is 0 Å². The Morgan fingerprint density at radius 3 is 2.18 bits per heavy atom. The molecule has 3 heteroatoms. The second-order valence-corrected chi connectivity index (χ2v) is 4.94. The van der Waals surface area contributed by atoms with Crippen molar-refractivity contribution in [1.82, 2.24) is 9.80 Å². The molecule has 0 spiro atoms. The van der Waals surface area contributed by atoms with Gasteiger partial charge in [-0.15, -0.1) is 0 Å². The molecule has 0 aliphatic carbocycles. The molecule has 3 nitrogen and oxygen atoms in total. The molecule has 2 atom stereocenters. The Kier molecular flexibility index (Phi) is 4.15. The summed E-state index contributed by atoms with van der Waals surface area (Å²) in [6.45, 7) is 6.10. The van der Waals surface area contributed by atoms with E-state index in [0.717, 1.165) is 26.2 Å². The maximum Gasteiger partial charge on any atom is 0.0708 e. The van der Waals surface area contributed by atoms with Gasteiger partial charge >= 0.3 is 0 Å². The van der Waals surface area contributed by atoms with Gasteiger partial charge in [-0.2, -0.15) is 0 Å². The standard InChI is InChI=1S/C14H22N2O/c1-12(17)14(13-6-4-3-5-7-13)16-10-8-15(2)9-11-16/h3-7,12,14,17H,8-11H2,1-2H3/t12-,14-/m1/s1. The van der Waals surface area contributed by atoms with Gasteiger partial charge < -0.3 is 10.0 Å². The summed E-state index contributed by atoms with van der Waals surface area (Å²) in [6, 6.07) is 10.4. The topological polar surface area (TPSA) is 26.7 Å². The van der Waals surface area contributed by atoms with Crippen LogP contribution in [0.2, 0.25) is 0 Å². The number of hydrogen-bond donors (Lipinski definition) is 1. The fraction of sp³-hybridized carbons (Fsp3) is 0.571. The number of hydrogen-bond acceptors (Lipinski definition) is 3. The van der Waals surface area contributed by atoms with Crippen LogP contribution in [-0.2, 0) is 0 Å². The molecule has 1 aromatic carbocycles. The van der Waals surface area contributed by atoms with Crippen LogP contribution < -0.4 is 0 Å². The van der Waals surface area contributed by atoms with Gasteiger partial charge in [-0.05, 0) is 19.5 Å². The lowest BCUT2D eigenvalue weighted by Crippen LogP contribution is -2.48. The first-order chi connectivity index (χ1) is 8.18. The van der Waals surface area contributed by atoms with Crippen molar-refractivity contribution < 1.29 is 5.11 Å². The lowest BCUT2D eigenvalue weighted by molar-refractivity contribution is 0.0316. The number of rotatable bonds is 3. The van der Waals surface area contributed by atoms with E-state index in [1.165, 1.54) is 5.56 Å². The van der Waals surface area contributed by atoms with E-state index >= 15 is 0 Å². The van der Waals surface area contributed by atoms with Crippen molar-refractivity contribution >= 4 is 0 Å². The van der Waals surface area contributed by atoms with Gasteiger partial charge in [0.05, 0.1) is 12.1 Å². The van der Waals surface area contributed by atoms with Gasteiger partial charge in [-0.25, -0.2) is 0 Å². The maximum atomic E-state index is 10.0. The predicted molar refractivity (Wildman–Crippen MR) is 69.9 cm³/mol. The monoisotopic (exact) mass is 234 g/mol. The maximum absolute atomic E-state index is 10.0. The molecule has 0 radical (unpaired) electrons. The van der Waals surface area contributed by atoms with Crippen molar-refractivity contribution in [3.05, 3.63) is 35.9 Å². The molecule has 1 aliphatic heterocycles. The summed E-state index contributed by atoms with van der Waals surface area (Å²) in [7, 11) is 2.15. The number of nitrogens with zero attached hydrogens (tertiary/aromatic N) is 2. The Balaban J connectivity index is 2.13. The number of likely N-dealkylation sites (N-methyl/N-ethyl adjacent to an activating group) is 1. The number of aliphatic hydroxyl groups is 1. The number of benzene rings is 1. The Labute approximate surface area is 104 Å². The lowest BCUT2D eigenvalue weighted by Gasteiger charge is -2.39. The van der Waals surface area contributed by atoms with E-state index in [1.54, 1.807) is 0 Å². The molecule has 1 saturated heterocycles. The van der Waals surface area contributed by atoms with E-state index in [9.17, 15) is 5.11 Å². The molecule has 1 aliphatic rings. The first-order valence-corrected chi connectivity index (χ1v) is 6.34. The molecule has 1 N–H and O–H groups in total. The Morgan fingerprint density at radius 2 is 1.65 bits per heavy atom. The summed E-state index contributed by atoms with van der Waals surface area (Å²) in [5, 5.41) is 10.0. The minimum absolute atomic E-state index is 0.130. The van der Waals surface area contributed by atoms with Crippen LogP contribution in [0.5, 0.6) is 0 Å². The zero-order chi connectivity index (χ0) is 12.3. The molecule has 0 unspecified atom stereocenters. The average molecular weight is 234 g/mol. The molecule has 1 aromatic rings. The summed E-state index contributed by atoms with van der Waals surface area (Å²) in [6.07, 6.45) is -0.333. The molecule has 2 rings (SSSR count). The van der Waals surface area contributed by atoms with Gasteiger partial charge in [0.2, 0.25) is 0 Å². The van der Waals surface area contributed by atoms with E-state index in [0.29, 0.717) is 0 Å². The summed E-state index contributed by atoms with van der Waals surface area (Å²) >= 11 is 0. The van der Waals surface area contributed by atoms with E-state index in [4.69, 9.17) is 0 Å². The van der Waals surface area contributed by atoms with Crippen LogP contribution in [0.3, 0.4) is 0 Å². The van der Waals surface area contributed by atoms with Gasteiger partial charge in [-0.3, -0.25) is 4.90 Å². The van der Waals surface area contributed by atoms with Gasteiger partial charge in [0.25, 0.3) is 0 Å². The van der Waals surface area contributed by atoms with Gasteiger partial charge in [-0.1, -0.05) is 30.3 Å². The average Bonchev–Trinajstić information content (AvgIpc) is 2.33. The SMILES string of the molecule is C[C@@H](O)[C@H](c1ccccc1)N1CCN(C)CC1. The molecular formula is C14H22N2O. The third-order valence-electron chi connectivity index (χ3n) is 3.53. The van der Waals surface area contributed by atoms with E-state index in [1.807, 2.05) is 25.1 Å². The largest absolute Gasteiger partial charge is 0.391 e. The smallest absolute Gasteiger partial charge is 0.0708 e. The second kappa shape index (κ2) is 5.63. The highest BCUT2D eigenvalue weighted by atomic mass is 16.3. The molecule has 1 fully saturated rings. The lowest BCUT2D eigenvalue weighted by atomic mass is 10.00. The highest BCUT2D eigenvalue weighted by Gasteiger charge is 2.27. The van der Waals surface area contributed by atoms with Crippen molar-refractivity contribution in [3.8, 4) is 0 Å². The third-order valence-corrected chi connectivity index (χ3v) is 3.53. The van der Waals surface area contributed by atoms with Gasteiger partial charge in [0.1, 0.15) is 0 Å². The fourth-order valence-electron chi connectivity index (χ4n) is 2.54. The molecule has 0 amide bonds. The molecule has 0 saturated carbocycles. The molecule has 0 bridgehead atoms. The molecule has 94 valence electrons. The third kappa shape index (κ3) is 3.06. The van der Waals surface area contributed by atoms with Crippen molar-refractivity contribution in [2.45, 2.75) is 19.1 Å². The Bertz CT molecular complexity index is 331. The highest BCUT2D eigenvalue weighted by Crippen LogP contribution is 2.25. The van der Waals surface area contributed by atoms with Crippen LogP contribution in [0.1, 0.15) is 18.5 Å². The van der Waals surface area contributed by atoms with Crippen LogP contribution >= 0.6 is 0 Å². The van der Waals surface area contributed by atoms with Crippen LogP contribution in [0.15, 0.2) is 30.3 Å². The van der Waals surface area contributed by atoms with Gasteiger partial charge in [0, 0.05) is 26.2 Å². The summed E-state index contributed by atoms with van der Waals surface area (Å²) in [5.74, 6) is 0. The van der Waals surface area contributed by atoms with Crippen LogP contribution in [0.4, 0.5) is 0 Å². The van der Waals surface area contributed by atoms with E-state index < -0.39 is 0 Å². The quantitative estimate of drug-likeness (QED) is 0.855. The minimum Gasteiger partial charge on any atom is -0.391 e.